The van der Waals surface area contributed by atoms with Gasteiger partial charge in [-0.2, -0.15) is 0 Å². The van der Waals surface area contributed by atoms with Crippen LogP contribution in [0.25, 0.3) is 0 Å². The van der Waals surface area contributed by atoms with Gasteiger partial charge in [-0.15, -0.1) is 0 Å². The maximum atomic E-state index is 12.0. The van der Waals surface area contributed by atoms with Crippen LogP contribution in [-0.2, 0) is 24.2 Å². The van der Waals surface area contributed by atoms with Gasteiger partial charge in [0.1, 0.15) is 0 Å². The van der Waals surface area contributed by atoms with E-state index in [4.69, 9.17) is 4.18 Å². The quantitative estimate of drug-likeness (QED) is 0.168. The van der Waals surface area contributed by atoms with Crippen molar-refractivity contribution < 1.29 is 96.1 Å². The van der Waals surface area contributed by atoms with Gasteiger partial charge in [0.05, 0.1) is 24.7 Å². The molecule has 4 fully saturated rings. The minimum atomic E-state index is -4.74. The van der Waals surface area contributed by atoms with Crippen molar-refractivity contribution in [3.63, 3.8) is 0 Å². The zero-order chi connectivity index (χ0) is 26.5. The van der Waals surface area contributed by atoms with Crippen molar-refractivity contribution in [1.82, 2.24) is 5.32 Å². The van der Waals surface area contributed by atoms with Crippen LogP contribution in [0.5, 0.6) is 0 Å². The van der Waals surface area contributed by atoms with Crippen molar-refractivity contribution in [1.29, 1.82) is 0 Å². The Kier molecular flexibility index (Phi) is 12.3. The van der Waals surface area contributed by atoms with Crippen molar-refractivity contribution in [3.8, 4) is 0 Å². The number of aliphatic hydroxyl groups is 1. The van der Waals surface area contributed by atoms with E-state index in [-0.39, 0.29) is 87.7 Å². The average molecular weight is 574 g/mol. The molecule has 0 bridgehead atoms. The summed E-state index contributed by atoms with van der Waals surface area (Å²) < 4.78 is 38.2. The largest absolute Gasteiger partial charge is 1.00 e. The third-order valence-electron chi connectivity index (χ3n) is 10.9. The second-order valence-corrected chi connectivity index (χ2v) is 13.6. The standard InChI is InChI=1S/C26H43NO8S.2Na/c1-15(4-7-22(29)27-14-23(30)31)18-5-6-19-24-20(9-11-26(18,19)3)25(2)10-8-17(35-36(32,33)34)12-16(25)13-21(24)28;;/h15-21,24,28H,4-14H2,1-3H3,(H,27,29)(H,30,31)(H,32,33,34);;/q;2*+1/p-2/t15-,16+,17-,18-,19?,20?,21+,24?,25+,26-;;/m1../s1. The maximum Gasteiger partial charge on any atom is 1.00 e. The maximum absolute atomic E-state index is 12.0. The number of carboxylic acid groups (broad SMARTS) is 1. The van der Waals surface area contributed by atoms with Crippen molar-refractivity contribution >= 4 is 22.3 Å². The summed E-state index contributed by atoms with van der Waals surface area (Å²) >= 11 is 0. The van der Waals surface area contributed by atoms with Gasteiger partial charge < -0.3 is 24.9 Å². The van der Waals surface area contributed by atoms with E-state index in [1.165, 1.54) is 0 Å². The van der Waals surface area contributed by atoms with Crippen LogP contribution < -0.4 is 69.5 Å². The number of aliphatic carboxylic acids is 1. The normalized spacial score (nSPS) is 40.8. The Morgan fingerprint density at radius 2 is 1.68 bits per heavy atom. The van der Waals surface area contributed by atoms with E-state index < -0.39 is 35.1 Å². The van der Waals surface area contributed by atoms with E-state index >= 15 is 0 Å². The minimum absolute atomic E-state index is 0. The number of amides is 1. The first-order chi connectivity index (χ1) is 16.7. The number of aliphatic hydroxyl groups excluding tert-OH is 1. The number of nitrogens with one attached hydrogen (secondary N) is 1. The summed E-state index contributed by atoms with van der Waals surface area (Å²) in [4.78, 5) is 22.6. The molecule has 0 aromatic carbocycles. The van der Waals surface area contributed by atoms with Crippen LogP contribution in [0.4, 0.5) is 0 Å². The van der Waals surface area contributed by atoms with Gasteiger partial charge in [-0.05, 0) is 104 Å². The van der Waals surface area contributed by atoms with E-state index in [0.29, 0.717) is 55.8 Å². The molecule has 4 aliphatic carbocycles. The van der Waals surface area contributed by atoms with Crippen molar-refractivity contribution in [2.45, 2.75) is 97.2 Å². The molecule has 0 saturated heterocycles. The van der Waals surface area contributed by atoms with Crippen LogP contribution in [0, 0.1) is 46.3 Å². The summed E-state index contributed by atoms with van der Waals surface area (Å²) in [7, 11) is -4.74. The van der Waals surface area contributed by atoms with Crippen LogP contribution in [0.2, 0.25) is 0 Å². The first kappa shape index (κ1) is 35.0. The number of fused-ring (bicyclic) bond motifs is 5. The minimum Gasteiger partial charge on any atom is -0.726 e. The van der Waals surface area contributed by atoms with Crippen molar-refractivity contribution in [3.05, 3.63) is 0 Å². The van der Waals surface area contributed by atoms with Gasteiger partial charge in [0.15, 0.2) is 0 Å². The van der Waals surface area contributed by atoms with Gasteiger partial charge in [0.25, 0.3) is 0 Å². The zero-order valence-electron chi connectivity index (χ0n) is 23.6. The molecule has 10 atom stereocenters. The third kappa shape index (κ3) is 7.21. The summed E-state index contributed by atoms with van der Waals surface area (Å²) in [5.41, 5.74) is 0.0850. The summed E-state index contributed by atoms with van der Waals surface area (Å²) in [5, 5.41) is 24.4. The van der Waals surface area contributed by atoms with Crippen LogP contribution in [-0.4, -0.2) is 48.7 Å². The Morgan fingerprint density at radius 3 is 2.32 bits per heavy atom. The van der Waals surface area contributed by atoms with Gasteiger partial charge in [-0.25, -0.2) is 8.42 Å². The average Bonchev–Trinajstić information content (AvgIpc) is 3.13. The van der Waals surface area contributed by atoms with Crippen LogP contribution in [0.3, 0.4) is 0 Å². The van der Waals surface area contributed by atoms with Gasteiger partial charge in [0, 0.05) is 6.42 Å². The molecule has 4 rings (SSSR count). The van der Waals surface area contributed by atoms with E-state index in [0.717, 1.165) is 32.1 Å². The Balaban J connectivity index is 0.00000253. The molecule has 0 aromatic rings. The summed E-state index contributed by atoms with van der Waals surface area (Å²) in [6, 6.07) is 0. The van der Waals surface area contributed by atoms with Crippen LogP contribution in [0.15, 0.2) is 0 Å². The molecule has 38 heavy (non-hydrogen) atoms. The molecule has 1 amide bonds. The monoisotopic (exact) mass is 573 g/mol. The fraction of sp³-hybridized carbons (Fsp3) is 0.923. The first-order valence-electron chi connectivity index (χ1n) is 13.5. The number of hydrogen-bond acceptors (Lipinski definition) is 8. The van der Waals surface area contributed by atoms with Gasteiger partial charge >= 0.3 is 59.1 Å². The molecule has 0 radical (unpaired) electrons. The second-order valence-electron chi connectivity index (χ2n) is 12.6. The number of carbonyl (C=O) groups excluding carboxylic acids is 2. The number of carbonyl (C=O) groups is 2. The van der Waals surface area contributed by atoms with E-state index in [2.05, 4.69) is 26.1 Å². The number of carboxylic acids is 1. The van der Waals surface area contributed by atoms with Crippen molar-refractivity contribution in [2.24, 2.45) is 46.3 Å². The molecule has 4 aliphatic rings. The van der Waals surface area contributed by atoms with Crippen LogP contribution >= 0.6 is 0 Å². The first-order valence-corrected chi connectivity index (χ1v) is 14.9. The molecular weight excluding hydrogens is 532 g/mol. The molecule has 4 saturated carbocycles. The van der Waals surface area contributed by atoms with Crippen molar-refractivity contribution in [2.75, 3.05) is 6.54 Å². The predicted molar refractivity (Wildman–Crippen MR) is 128 cm³/mol. The second kappa shape index (κ2) is 13.4. The molecule has 9 nitrogen and oxygen atoms in total. The molecule has 0 spiro atoms. The number of hydrogen-bond donors (Lipinski definition) is 2. The molecule has 206 valence electrons. The van der Waals surface area contributed by atoms with Crippen LogP contribution in [0.1, 0.15) is 85.0 Å². The van der Waals surface area contributed by atoms with Gasteiger partial charge in [0.2, 0.25) is 16.3 Å². The Hall–Kier alpha value is 0.770. The molecule has 0 aliphatic heterocycles. The SMILES string of the molecule is C[C@H](CCC(=O)NCC(=O)[O-])[C@H]1CCC2C3C(CC[C@@]21C)[C@@]1(C)CC[C@@H](OS(=O)(=O)[O-])C[C@H]1C[C@@H]3O.[Na+].[Na+]. The molecule has 12 heteroatoms. The van der Waals surface area contributed by atoms with E-state index in [1.54, 1.807) is 0 Å². The molecular formula is C26H41NNa2O8S. The van der Waals surface area contributed by atoms with Gasteiger partial charge in [-0.3, -0.25) is 8.98 Å². The molecule has 0 heterocycles. The summed E-state index contributed by atoms with van der Waals surface area (Å²) in [6.07, 6.45) is 6.62. The van der Waals surface area contributed by atoms with Gasteiger partial charge in [-0.1, -0.05) is 20.8 Å². The molecule has 0 aromatic heterocycles. The predicted octanol–water partition coefficient (Wildman–Crippen LogP) is -4.25. The Labute approximate surface area is 271 Å². The molecule has 2 N–H and O–H groups in total. The smallest absolute Gasteiger partial charge is 0.726 e. The zero-order valence-corrected chi connectivity index (χ0v) is 28.4. The molecule has 3 unspecified atom stereocenters. The Morgan fingerprint density at radius 1 is 1.05 bits per heavy atom. The third-order valence-corrected chi connectivity index (χ3v) is 11.4. The van der Waals surface area contributed by atoms with E-state index in [9.17, 15) is 32.8 Å². The van der Waals surface area contributed by atoms with E-state index in [1.807, 2.05) is 0 Å². The summed E-state index contributed by atoms with van der Waals surface area (Å²) in [6.45, 7) is 6.39. The number of rotatable bonds is 8. The fourth-order valence-electron chi connectivity index (χ4n) is 9.23. The Bertz CT molecular complexity index is 967. The fourth-order valence-corrected chi connectivity index (χ4v) is 9.74. The summed E-state index contributed by atoms with van der Waals surface area (Å²) in [5.74, 6) is 0.303. The topological polar surface area (TPSA) is 156 Å².